The summed E-state index contributed by atoms with van der Waals surface area (Å²) in [5.74, 6) is 0. The van der Waals surface area contributed by atoms with Gasteiger partial charge in [-0.2, -0.15) is 0 Å². The summed E-state index contributed by atoms with van der Waals surface area (Å²) in [6, 6.07) is 0. The van der Waals surface area contributed by atoms with E-state index >= 15 is 0 Å². The normalized spacial score (nSPS) is 46.2. The Morgan fingerprint density at radius 3 is 2.67 bits per heavy atom. The van der Waals surface area contributed by atoms with E-state index < -0.39 is 17.1 Å². The van der Waals surface area contributed by atoms with Crippen molar-refractivity contribution in [1.29, 1.82) is 0 Å². The Morgan fingerprint density at radius 1 is 1.44 bits per heavy atom. The van der Waals surface area contributed by atoms with Crippen LogP contribution in [-0.4, -0.2) is 28.7 Å². The van der Waals surface area contributed by atoms with E-state index in [2.05, 4.69) is 19.9 Å². The molecule has 4 atom stereocenters. The number of hydrogen-bond donors (Lipinski definition) is 1. The number of epoxide rings is 1. The summed E-state index contributed by atoms with van der Waals surface area (Å²) in [5.41, 5.74) is -0.322. The second-order valence-corrected chi connectivity index (χ2v) is 6.48. The van der Waals surface area contributed by atoms with Gasteiger partial charge in [0.1, 0.15) is 5.60 Å². The smallest absolute Gasteiger partial charge is 0.160 e. The molecule has 0 radical (unpaired) electrons. The third-order valence-corrected chi connectivity index (χ3v) is 4.99. The Hall–Kier alpha value is -0.670. The molecule has 2 rings (SSSR count). The first kappa shape index (κ1) is 13.8. The molecule has 0 spiro atoms. The number of aliphatic hydroxyl groups is 1. The number of allylic oxidation sites excluding steroid dienone is 2. The fraction of sp³-hybridized carbons (Fsp3) is 0.800. The van der Waals surface area contributed by atoms with Crippen LogP contribution in [0.5, 0.6) is 0 Å². The molecule has 0 aromatic rings. The lowest BCUT2D eigenvalue weighted by Gasteiger charge is -2.42. The predicted octanol–water partition coefficient (Wildman–Crippen LogP) is 2.62. The molecule has 0 bridgehead atoms. The van der Waals surface area contributed by atoms with Gasteiger partial charge in [0, 0.05) is 5.41 Å². The molecule has 1 saturated heterocycles. The van der Waals surface area contributed by atoms with E-state index in [1.165, 1.54) is 5.57 Å². The highest BCUT2D eigenvalue weighted by atomic mass is 16.6. The summed E-state index contributed by atoms with van der Waals surface area (Å²) in [5, 5.41) is 10.3. The molecule has 1 N–H and O–H groups in total. The molecule has 18 heavy (non-hydrogen) atoms. The van der Waals surface area contributed by atoms with Gasteiger partial charge in [-0.25, -0.2) is 0 Å². The van der Waals surface area contributed by atoms with E-state index in [9.17, 15) is 9.90 Å². The van der Waals surface area contributed by atoms with Crippen molar-refractivity contribution in [3.63, 3.8) is 0 Å². The van der Waals surface area contributed by atoms with E-state index in [0.29, 0.717) is 0 Å². The van der Waals surface area contributed by atoms with Crippen molar-refractivity contribution in [3.05, 3.63) is 11.6 Å². The summed E-state index contributed by atoms with van der Waals surface area (Å²) in [6.07, 6.45) is 5.79. The highest BCUT2D eigenvalue weighted by molar-refractivity contribution is 5.72. The molecule has 0 aromatic heterocycles. The molecule has 0 aromatic carbocycles. The van der Waals surface area contributed by atoms with Crippen molar-refractivity contribution in [2.24, 2.45) is 5.41 Å². The van der Waals surface area contributed by atoms with Crippen LogP contribution in [0.25, 0.3) is 0 Å². The lowest BCUT2D eigenvalue weighted by molar-refractivity contribution is -0.123. The Morgan fingerprint density at radius 2 is 2.11 bits per heavy atom. The van der Waals surface area contributed by atoms with Gasteiger partial charge in [0.15, 0.2) is 11.9 Å². The van der Waals surface area contributed by atoms with Gasteiger partial charge in [-0.1, -0.05) is 18.6 Å². The second-order valence-electron chi connectivity index (χ2n) is 6.48. The number of carbonyl (C=O) groups is 1. The minimum Gasteiger partial charge on any atom is -0.392 e. The van der Waals surface area contributed by atoms with Crippen LogP contribution in [-0.2, 0) is 9.53 Å². The number of rotatable bonds is 4. The average molecular weight is 252 g/mol. The van der Waals surface area contributed by atoms with Crippen molar-refractivity contribution in [2.75, 3.05) is 0 Å². The van der Waals surface area contributed by atoms with Crippen LogP contribution >= 0.6 is 0 Å². The highest BCUT2D eigenvalue weighted by Crippen LogP contribution is 2.65. The lowest BCUT2D eigenvalue weighted by atomic mass is 9.60. The molecular weight excluding hydrogens is 228 g/mol. The SMILES string of the molecule is CC(C)=CCC[C@@]1(C)[C@H](O)CC[C@]2(C)O[C@]12C=O. The summed E-state index contributed by atoms with van der Waals surface area (Å²) in [6.45, 7) is 8.11. The summed E-state index contributed by atoms with van der Waals surface area (Å²) in [7, 11) is 0. The molecule has 1 saturated carbocycles. The molecule has 102 valence electrons. The van der Waals surface area contributed by atoms with Gasteiger partial charge in [0.2, 0.25) is 0 Å². The van der Waals surface area contributed by atoms with Crippen LogP contribution in [0.4, 0.5) is 0 Å². The predicted molar refractivity (Wildman–Crippen MR) is 70.3 cm³/mol. The number of fused-ring (bicyclic) bond motifs is 1. The third-order valence-electron chi connectivity index (χ3n) is 4.99. The fourth-order valence-corrected chi connectivity index (χ4v) is 3.56. The molecule has 0 unspecified atom stereocenters. The topological polar surface area (TPSA) is 49.8 Å². The van der Waals surface area contributed by atoms with Gasteiger partial charge in [-0.3, -0.25) is 4.79 Å². The number of aldehydes is 1. The molecule has 1 heterocycles. The molecule has 1 aliphatic carbocycles. The van der Waals surface area contributed by atoms with E-state index in [-0.39, 0.29) is 5.60 Å². The van der Waals surface area contributed by atoms with Crippen molar-refractivity contribution < 1.29 is 14.6 Å². The van der Waals surface area contributed by atoms with Crippen LogP contribution < -0.4 is 0 Å². The first-order chi connectivity index (χ1) is 8.31. The number of aliphatic hydroxyl groups excluding tert-OH is 1. The van der Waals surface area contributed by atoms with Crippen molar-refractivity contribution in [1.82, 2.24) is 0 Å². The Bertz CT molecular complexity index is 385. The lowest BCUT2D eigenvalue weighted by Crippen LogP contribution is -2.53. The number of hydrogen-bond acceptors (Lipinski definition) is 3. The number of carbonyl (C=O) groups excluding carboxylic acids is 1. The zero-order valence-corrected chi connectivity index (χ0v) is 11.8. The van der Waals surface area contributed by atoms with E-state index in [1.54, 1.807) is 0 Å². The van der Waals surface area contributed by atoms with E-state index in [1.807, 2.05) is 13.8 Å². The maximum Gasteiger partial charge on any atom is 0.160 e. The molecule has 2 fully saturated rings. The summed E-state index contributed by atoms with van der Waals surface area (Å²) < 4.78 is 5.80. The minimum absolute atomic E-state index is 0.353. The fourth-order valence-electron chi connectivity index (χ4n) is 3.56. The van der Waals surface area contributed by atoms with Gasteiger partial charge in [-0.05, 0) is 46.5 Å². The molecule has 3 heteroatoms. The maximum absolute atomic E-state index is 11.5. The van der Waals surface area contributed by atoms with Crippen molar-refractivity contribution >= 4 is 6.29 Å². The molecule has 3 nitrogen and oxygen atoms in total. The second kappa shape index (κ2) is 4.17. The third kappa shape index (κ3) is 1.68. The van der Waals surface area contributed by atoms with Crippen molar-refractivity contribution in [2.45, 2.75) is 70.7 Å². The largest absolute Gasteiger partial charge is 0.392 e. The monoisotopic (exact) mass is 252 g/mol. The minimum atomic E-state index is -0.771. The van der Waals surface area contributed by atoms with Crippen LogP contribution in [0.3, 0.4) is 0 Å². The molecular formula is C15H24O3. The van der Waals surface area contributed by atoms with Gasteiger partial charge in [-0.15, -0.1) is 0 Å². The van der Waals surface area contributed by atoms with Gasteiger partial charge >= 0.3 is 0 Å². The standard InChI is InChI=1S/C15H24O3/c1-11(2)6-5-8-13(3)12(17)7-9-14(4)15(13,10-16)18-14/h6,10,12,17H,5,7-9H2,1-4H3/t12-,13+,14+,15-/m1/s1. The quantitative estimate of drug-likeness (QED) is 0.475. The van der Waals surface area contributed by atoms with Gasteiger partial charge in [0.25, 0.3) is 0 Å². The molecule has 0 amide bonds. The molecule has 2 aliphatic rings. The zero-order chi connectivity index (χ0) is 13.6. The Balaban J connectivity index is 2.21. The maximum atomic E-state index is 11.5. The first-order valence-electron chi connectivity index (χ1n) is 6.79. The summed E-state index contributed by atoms with van der Waals surface area (Å²) in [4.78, 5) is 11.5. The highest BCUT2D eigenvalue weighted by Gasteiger charge is 2.78. The van der Waals surface area contributed by atoms with Crippen LogP contribution in [0, 0.1) is 5.41 Å². The zero-order valence-electron chi connectivity index (χ0n) is 11.8. The van der Waals surface area contributed by atoms with Gasteiger partial charge in [0.05, 0.1) is 6.10 Å². The van der Waals surface area contributed by atoms with Gasteiger partial charge < -0.3 is 9.84 Å². The molecule has 1 aliphatic heterocycles. The van der Waals surface area contributed by atoms with E-state index in [4.69, 9.17) is 4.74 Å². The Labute approximate surface area is 109 Å². The number of ether oxygens (including phenoxy) is 1. The Kier molecular flexibility index (Phi) is 3.19. The van der Waals surface area contributed by atoms with Crippen LogP contribution in [0.15, 0.2) is 11.6 Å². The van der Waals surface area contributed by atoms with Crippen LogP contribution in [0.2, 0.25) is 0 Å². The van der Waals surface area contributed by atoms with E-state index in [0.717, 1.165) is 32.0 Å². The van der Waals surface area contributed by atoms with Crippen LogP contribution in [0.1, 0.15) is 53.4 Å². The summed E-state index contributed by atoms with van der Waals surface area (Å²) >= 11 is 0. The van der Waals surface area contributed by atoms with Crippen molar-refractivity contribution in [3.8, 4) is 0 Å². The average Bonchev–Trinajstić information content (AvgIpc) is 2.93. The first-order valence-corrected chi connectivity index (χ1v) is 6.79.